The number of aromatic nitrogens is 2. The van der Waals surface area contributed by atoms with E-state index in [2.05, 4.69) is 15.6 Å². The van der Waals surface area contributed by atoms with E-state index in [0.717, 1.165) is 22.9 Å². The number of nitrogens with zero attached hydrogens (tertiary/aromatic N) is 1. The van der Waals surface area contributed by atoms with Crippen LogP contribution in [0.1, 0.15) is 32.3 Å². The lowest BCUT2D eigenvalue weighted by Gasteiger charge is -2.49. The summed E-state index contributed by atoms with van der Waals surface area (Å²) in [4.78, 5) is 92.9. The average Bonchev–Trinajstić information content (AvgIpc) is 3.01. The van der Waals surface area contributed by atoms with Crippen LogP contribution in [0.5, 0.6) is 0 Å². The van der Waals surface area contributed by atoms with E-state index in [1.807, 2.05) is 4.98 Å². The number of carbonyl (C=O) groups is 5. The van der Waals surface area contributed by atoms with E-state index >= 15 is 0 Å². The maximum absolute atomic E-state index is 13.4. The van der Waals surface area contributed by atoms with Crippen LogP contribution in [0.25, 0.3) is 0 Å². The number of hydrogen-bond donors (Lipinski definition) is 5. The highest BCUT2D eigenvalue weighted by Gasteiger charge is 2.54. The van der Waals surface area contributed by atoms with Gasteiger partial charge in [-0.3, -0.25) is 33.9 Å². The van der Waals surface area contributed by atoms with Gasteiger partial charge < -0.3 is 20.7 Å². The van der Waals surface area contributed by atoms with Gasteiger partial charge in [0.2, 0.25) is 11.0 Å². The lowest BCUT2D eigenvalue weighted by Crippen LogP contribution is -2.71. The molecule has 0 saturated carbocycles. The lowest BCUT2D eigenvalue weighted by atomic mass is 10.0. The van der Waals surface area contributed by atoms with Crippen molar-refractivity contribution < 1.29 is 29.1 Å². The van der Waals surface area contributed by atoms with Gasteiger partial charge in [0.25, 0.3) is 17.4 Å². The van der Waals surface area contributed by atoms with Crippen molar-refractivity contribution in [2.75, 3.05) is 11.5 Å². The fourth-order valence-electron chi connectivity index (χ4n) is 4.57. The quantitative estimate of drug-likeness (QED) is 0.214. The molecule has 1 aromatic heterocycles. The monoisotopic (exact) mass is 621 g/mol. The van der Waals surface area contributed by atoms with Crippen LogP contribution in [0.15, 0.2) is 87.7 Å². The van der Waals surface area contributed by atoms with Crippen molar-refractivity contribution in [2.24, 2.45) is 0 Å². The molecule has 13 nitrogen and oxygen atoms in total. The van der Waals surface area contributed by atoms with Crippen molar-refractivity contribution in [3.63, 3.8) is 0 Å². The molecule has 2 aromatic carbocycles. The molecule has 3 aromatic rings. The third-order valence-corrected chi connectivity index (χ3v) is 9.00. The highest BCUT2D eigenvalue weighted by molar-refractivity contribution is 8.14. The van der Waals surface area contributed by atoms with Crippen LogP contribution < -0.4 is 21.9 Å². The molecule has 1 fully saturated rings. The second-order valence-electron chi connectivity index (χ2n) is 9.40. The maximum atomic E-state index is 13.4. The number of fused-ring (bicyclic) bond motifs is 1. The van der Waals surface area contributed by atoms with Gasteiger partial charge in [0.05, 0.1) is 0 Å². The fraction of sp³-hybridized carbons (Fsp3) is 0.179. The van der Waals surface area contributed by atoms with E-state index in [9.17, 15) is 38.7 Å². The Labute approximate surface area is 251 Å². The van der Waals surface area contributed by atoms with Crippen LogP contribution in [0.2, 0.25) is 0 Å². The number of rotatable bonds is 9. The second-order valence-corrected chi connectivity index (χ2v) is 11.5. The topological polar surface area (TPSA) is 199 Å². The molecule has 3 amide bonds. The summed E-state index contributed by atoms with van der Waals surface area (Å²) in [5, 5.41) is 14.1. The molecular formula is C28H23N5O8S2. The summed E-state index contributed by atoms with van der Waals surface area (Å²) in [5.74, 6) is -3.41. The van der Waals surface area contributed by atoms with Crippen LogP contribution in [-0.2, 0) is 14.4 Å². The first-order valence-corrected chi connectivity index (χ1v) is 14.8. The largest absolute Gasteiger partial charge is 0.477 e. The first kappa shape index (κ1) is 29.6. The number of carboxylic acids is 1. The first-order chi connectivity index (χ1) is 20.7. The Hall–Kier alpha value is -4.89. The molecule has 2 aliphatic rings. The summed E-state index contributed by atoms with van der Waals surface area (Å²) in [5.41, 5.74) is -1.20. The molecule has 1 saturated heterocycles. The summed E-state index contributed by atoms with van der Waals surface area (Å²) in [6, 6.07) is 14.2. The molecule has 15 heteroatoms. The molecule has 5 rings (SSSR count). The molecule has 3 heterocycles. The number of carbonyl (C=O) groups excluding carboxylic acids is 4. The first-order valence-electron chi connectivity index (χ1n) is 12.8. The van der Waals surface area contributed by atoms with Crippen LogP contribution in [-0.4, -0.2) is 71.7 Å². The van der Waals surface area contributed by atoms with Crippen molar-refractivity contribution in [1.82, 2.24) is 25.5 Å². The summed E-state index contributed by atoms with van der Waals surface area (Å²) in [6.45, 7) is 0. The van der Waals surface area contributed by atoms with Gasteiger partial charge in [-0.05, 0) is 11.1 Å². The highest BCUT2D eigenvalue weighted by Crippen LogP contribution is 2.41. The summed E-state index contributed by atoms with van der Waals surface area (Å²) in [6.07, 6.45) is 0.922. The van der Waals surface area contributed by atoms with Gasteiger partial charge in [-0.1, -0.05) is 72.4 Å². The van der Waals surface area contributed by atoms with Gasteiger partial charge in [0.1, 0.15) is 28.7 Å². The molecule has 0 spiro atoms. The Morgan fingerprint density at radius 1 is 1.02 bits per heavy atom. The molecule has 0 aliphatic carbocycles. The Balaban J connectivity index is 1.32. The number of aliphatic carboxylic acids is 1. The molecule has 0 radical (unpaired) electrons. The van der Waals surface area contributed by atoms with E-state index in [1.54, 1.807) is 60.7 Å². The van der Waals surface area contributed by atoms with Crippen molar-refractivity contribution in [3.05, 3.63) is 116 Å². The number of benzene rings is 2. The predicted molar refractivity (Wildman–Crippen MR) is 157 cm³/mol. The van der Waals surface area contributed by atoms with Crippen molar-refractivity contribution in [1.29, 1.82) is 0 Å². The SMILES string of the molecule is O=C(O)C1=C(CSC(=O)c2ccccc2)CS[C@H]2C(NC(=O)C(NC(=O)c3c[nH]c(=O)[nH]c3=O)c3ccccc3)C(=O)N12. The molecule has 2 unspecified atom stereocenters. The minimum Gasteiger partial charge on any atom is -0.477 e. The Morgan fingerprint density at radius 2 is 1.70 bits per heavy atom. The molecule has 43 heavy (non-hydrogen) atoms. The smallest absolute Gasteiger partial charge is 0.352 e. The standard InChI is InChI=1S/C28H23N5O8S2/c34-21(17-11-29-28(41)32-22(17)35)30-18(14-7-3-1-4-8-14)23(36)31-19-24(37)33-20(26(38)39)16(12-42-25(19)33)13-43-27(40)15-9-5-2-6-10-15/h1-11,18-19,25H,12-13H2,(H,30,34)(H,31,36)(H,38,39)(H2,29,32,35,41)/t18?,19?,25-/m0/s1. The maximum Gasteiger partial charge on any atom is 0.352 e. The zero-order chi connectivity index (χ0) is 30.7. The fourth-order valence-corrected chi connectivity index (χ4v) is 6.90. The van der Waals surface area contributed by atoms with E-state index in [-0.39, 0.29) is 22.3 Å². The second kappa shape index (κ2) is 12.5. The highest BCUT2D eigenvalue weighted by atomic mass is 32.2. The number of H-pyrrole nitrogens is 2. The van der Waals surface area contributed by atoms with Crippen LogP contribution >= 0.6 is 23.5 Å². The normalized spacial score (nSPS) is 18.2. The lowest BCUT2D eigenvalue weighted by molar-refractivity contribution is -0.151. The van der Waals surface area contributed by atoms with E-state index in [1.165, 1.54) is 11.8 Å². The van der Waals surface area contributed by atoms with Gasteiger partial charge >= 0.3 is 11.7 Å². The van der Waals surface area contributed by atoms with Gasteiger partial charge in [-0.15, -0.1) is 11.8 Å². The number of carboxylic acid groups (broad SMARTS) is 1. The van der Waals surface area contributed by atoms with Gasteiger partial charge in [-0.25, -0.2) is 9.59 Å². The molecule has 220 valence electrons. The predicted octanol–water partition coefficient (Wildman–Crippen LogP) is 0.846. The minimum atomic E-state index is -1.33. The molecule has 3 atom stereocenters. The number of hydrogen-bond acceptors (Lipinski definition) is 9. The Kier molecular flexibility index (Phi) is 8.63. The van der Waals surface area contributed by atoms with Gasteiger partial charge in [-0.2, -0.15) is 0 Å². The average molecular weight is 622 g/mol. The third-order valence-electron chi connectivity index (χ3n) is 6.67. The van der Waals surface area contributed by atoms with E-state index in [0.29, 0.717) is 16.7 Å². The number of β-lactam (4-membered cyclic amide) rings is 1. The number of aromatic amines is 2. The third kappa shape index (κ3) is 6.17. The van der Waals surface area contributed by atoms with Crippen molar-refractivity contribution in [3.8, 4) is 0 Å². The summed E-state index contributed by atoms with van der Waals surface area (Å²) < 4.78 is 0. The minimum absolute atomic E-state index is 0.0713. The zero-order valence-electron chi connectivity index (χ0n) is 22.1. The summed E-state index contributed by atoms with van der Waals surface area (Å²) >= 11 is 2.18. The summed E-state index contributed by atoms with van der Waals surface area (Å²) in [7, 11) is 0. The van der Waals surface area contributed by atoms with E-state index in [4.69, 9.17) is 0 Å². The van der Waals surface area contributed by atoms with Crippen molar-refractivity contribution >= 4 is 52.3 Å². The zero-order valence-corrected chi connectivity index (χ0v) is 23.7. The Morgan fingerprint density at radius 3 is 2.35 bits per heavy atom. The number of nitrogens with one attached hydrogen (secondary N) is 4. The molecular weight excluding hydrogens is 598 g/mol. The van der Waals surface area contributed by atoms with Crippen molar-refractivity contribution in [2.45, 2.75) is 17.5 Å². The number of thioether (sulfide) groups is 2. The molecule has 2 aliphatic heterocycles. The van der Waals surface area contributed by atoms with E-state index < -0.39 is 58.0 Å². The number of amides is 3. The Bertz CT molecular complexity index is 1760. The van der Waals surface area contributed by atoms with Crippen LogP contribution in [0.4, 0.5) is 0 Å². The van der Waals surface area contributed by atoms with Crippen LogP contribution in [0.3, 0.4) is 0 Å². The molecule has 5 N–H and O–H groups in total. The van der Waals surface area contributed by atoms with Crippen LogP contribution in [0, 0.1) is 0 Å². The molecule has 0 bridgehead atoms. The van der Waals surface area contributed by atoms with Gasteiger partial charge in [0, 0.05) is 23.3 Å². The van der Waals surface area contributed by atoms with Gasteiger partial charge in [0.15, 0.2) is 0 Å².